The molecule has 11 nitrogen and oxygen atoms in total. The number of aromatic nitrogens is 4. The Balaban J connectivity index is 1.34. The number of amides is 1. The molecular formula is C21H22N6O5. The molecule has 2 aliphatic rings. The number of rotatable bonds is 4. The van der Waals surface area contributed by atoms with Crippen molar-refractivity contribution in [3.05, 3.63) is 30.5 Å². The second-order valence-corrected chi connectivity index (χ2v) is 7.59. The van der Waals surface area contributed by atoms with Crippen molar-refractivity contribution >= 4 is 23.6 Å². The average Bonchev–Trinajstić information content (AvgIpc) is 3.44. The van der Waals surface area contributed by atoms with Crippen LogP contribution in [0.2, 0.25) is 0 Å². The minimum absolute atomic E-state index is 0.199. The highest BCUT2D eigenvalue weighted by Gasteiger charge is 2.28. The number of benzene rings is 1. The molecule has 0 bridgehead atoms. The van der Waals surface area contributed by atoms with E-state index in [1.54, 1.807) is 22.5 Å². The Morgan fingerprint density at radius 2 is 1.88 bits per heavy atom. The van der Waals surface area contributed by atoms with Crippen LogP contribution in [0.15, 0.2) is 30.5 Å². The monoisotopic (exact) mass is 438 g/mol. The molecule has 2 aliphatic heterocycles. The first-order valence-electron chi connectivity index (χ1n) is 10.3. The van der Waals surface area contributed by atoms with Crippen LogP contribution in [0.5, 0.6) is 11.5 Å². The zero-order valence-corrected chi connectivity index (χ0v) is 17.7. The molecule has 4 heterocycles. The van der Waals surface area contributed by atoms with E-state index < -0.39 is 12.1 Å². The normalized spacial score (nSPS) is 16.3. The fourth-order valence-electron chi connectivity index (χ4n) is 3.88. The third kappa shape index (κ3) is 3.66. The number of ether oxygens (including phenoxy) is 3. The quantitative estimate of drug-likeness (QED) is 0.553. The predicted molar refractivity (Wildman–Crippen MR) is 112 cm³/mol. The number of nitrogens with zero attached hydrogens (tertiary/aromatic N) is 6. The molecule has 5 rings (SSSR count). The summed E-state index contributed by atoms with van der Waals surface area (Å²) in [5, 5.41) is 4.67. The van der Waals surface area contributed by atoms with Crippen LogP contribution in [0.3, 0.4) is 0 Å². The highest BCUT2D eigenvalue weighted by Crippen LogP contribution is 2.35. The number of carbonyl (C=O) groups is 2. The molecule has 0 N–H and O–H groups in total. The van der Waals surface area contributed by atoms with E-state index in [1.807, 2.05) is 29.2 Å². The Morgan fingerprint density at radius 1 is 1.09 bits per heavy atom. The fourth-order valence-corrected chi connectivity index (χ4v) is 3.88. The summed E-state index contributed by atoms with van der Waals surface area (Å²) in [5.74, 6) is 1.77. The van der Waals surface area contributed by atoms with E-state index in [1.165, 1.54) is 6.92 Å². The molecule has 1 aromatic carbocycles. The molecule has 1 amide bonds. The van der Waals surface area contributed by atoms with Crippen molar-refractivity contribution in [2.75, 3.05) is 37.9 Å². The zero-order valence-electron chi connectivity index (χ0n) is 17.7. The highest BCUT2D eigenvalue weighted by atomic mass is 16.7. The smallest absolute Gasteiger partial charge is 0.303 e. The average molecular weight is 438 g/mol. The zero-order chi connectivity index (χ0) is 22.2. The van der Waals surface area contributed by atoms with Gasteiger partial charge in [-0.15, -0.1) is 5.10 Å². The Labute approximate surface area is 183 Å². The van der Waals surface area contributed by atoms with E-state index >= 15 is 0 Å². The van der Waals surface area contributed by atoms with Crippen LogP contribution in [0.1, 0.15) is 13.8 Å². The SMILES string of the molecule is CC(=O)O[C@@H](C)C(=O)N1CCN(c2nc3nccc(-c4ccc5c(c4)OCO5)n3n2)CC1. The number of anilines is 1. The molecule has 2 aromatic heterocycles. The third-order valence-corrected chi connectivity index (χ3v) is 5.46. The van der Waals surface area contributed by atoms with Crippen LogP contribution in [-0.2, 0) is 14.3 Å². The van der Waals surface area contributed by atoms with Crippen molar-refractivity contribution in [1.82, 2.24) is 24.5 Å². The summed E-state index contributed by atoms with van der Waals surface area (Å²) in [6, 6.07) is 7.59. The van der Waals surface area contributed by atoms with E-state index in [9.17, 15) is 9.59 Å². The summed E-state index contributed by atoms with van der Waals surface area (Å²) in [6.07, 6.45) is 0.904. The number of esters is 1. The molecule has 1 fully saturated rings. The third-order valence-electron chi connectivity index (χ3n) is 5.46. The van der Waals surface area contributed by atoms with Crippen molar-refractivity contribution in [3.63, 3.8) is 0 Å². The number of hydrogen-bond donors (Lipinski definition) is 0. The van der Waals surface area contributed by atoms with E-state index in [4.69, 9.17) is 14.2 Å². The molecular weight excluding hydrogens is 416 g/mol. The predicted octanol–water partition coefficient (Wildman–Crippen LogP) is 1.12. The molecule has 32 heavy (non-hydrogen) atoms. The molecule has 0 aliphatic carbocycles. The van der Waals surface area contributed by atoms with Gasteiger partial charge in [0.2, 0.25) is 12.7 Å². The summed E-state index contributed by atoms with van der Waals surface area (Å²) in [7, 11) is 0. The van der Waals surface area contributed by atoms with Gasteiger partial charge in [0.1, 0.15) is 0 Å². The molecule has 1 saturated heterocycles. The van der Waals surface area contributed by atoms with Gasteiger partial charge in [-0.25, -0.2) is 4.98 Å². The van der Waals surface area contributed by atoms with Crippen molar-refractivity contribution in [1.29, 1.82) is 0 Å². The van der Waals surface area contributed by atoms with Crippen LogP contribution in [-0.4, -0.2) is 75.4 Å². The van der Waals surface area contributed by atoms with E-state index in [2.05, 4.69) is 15.1 Å². The van der Waals surface area contributed by atoms with Crippen LogP contribution in [0.25, 0.3) is 17.0 Å². The Kier molecular flexibility index (Phi) is 5.00. The molecule has 0 radical (unpaired) electrons. The van der Waals surface area contributed by atoms with Gasteiger partial charge in [0.15, 0.2) is 17.6 Å². The van der Waals surface area contributed by atoms with Gasteiger partial charge in [0.25, 0.3) is 11.7 Å². The summed E-state index contributed by atoms with van der Waals surface area (Å²) in [5.41, 5.74) is 1.74. The number of carbonyl (C=O) groups excluding carboxylic acids is 2. The summed E-state index contributed by atoms with van der Waals surface area (Å²) < 4.78 is 17.6. The summed E-state index contributed by atoms with van der Waals surface area (Å²) in [6.45, 7) is 5.20. The molecule has 0 unspecified atom stereocenters. The van der Waals surface area contributed by atoms with Gasteiger partial charge in [-0.2, -0.15) is 9.50 Å². The van der Waals surface area contributed by atoms with Gasteiger partial charge in [-0.1, -0.05) is 0 Å². The molecule has 11 heteroatoms. The standard InChI is InChI=1S/C21H22N6O5/c1-13(32-14(2)28)19(29)25-7-9-26(10-8-25)21-23-20-22-6-5-16(27(20)24-21)15-3-4-17-18(11-15)31-12-30-17/h3-6,11,13H,7-10,12H2,1-2H3/t13-/m0/s1. The van der Waals surface area contributed by atoms with Crippen molar-refractivity contribution < 1.29 is 23.8 Å². The summed E-state index contributed by atoms with van der Waals surface area (Å²) >= 11 is 0. The van der Waals surface area contributed by atoms with Gasteiger partial charge in [-0.05, 0) is 31.2 Å². The van der Waals surface area contributed by atoms with Gasteiger partial charge in [0, 0.05) is 44.9 Å². The first kappa shape index (κ1) is 20.0. The molecule has 0 saturated carbocycles. The fraction of sp³-hybridized carbons (Fsp3) is 0.381. The number of fused-ring (bicyclic) bond motifs is 2. The first-order chi connectivity index (χ1) is 15.5. The second-order valence-electron chi connectivity index (χ2n) is 7.59. The Hall–Kier alpha value is -3.89. The van der Waals surface area contributed by atoms with E-state index in [0.717, 1.165) is 11.3 Å². The molecule has 166 valence electrons. The van der Waals surface area contributed by atoms with E-state index in [-0.39, 0.29) is 12.7 Å². The van der Waals surface area contributed by atoms with Crippen LogP contribution >= 0.6 is 0 Å². The van der Waals surface area contributed by atoms with Gasteiger partial charge < -0.3 is 24.0 Å². The number of piperazine rings is 1. The topological polar surface area (TPSA) is 111 Å². The Bertz CT molecular complexity index is 1190. The summed E-state index contributed by atoms with van der Waals surface area (Å²) in [4.78, 5) is 36.2. The molecule has 1 atom stereocenters. The lowest BCUT2D eigenvalue weighted by Gasteiger charge is -2.35. The van der Waals surface area contributed by atoms with Crippen LogP contribution in [0, 0.1) is 0 Å². The number of hydrogen-bond acceptors (Lipinski definition) is 9. The lowest BCUT2D eigenvalue weighted by molar-refractivity contribution is -0.157. The maximum absolute atomic E-state index is 12.5. The van der Waals surface area contributed by atoms with Gasteiger partial charge in [0.05, 0.1) is 5.69 Å². The highest BCUT2D eigenvalue weighted by molar-refractivity contribution is 5.83. The van der Waals surface area contributed by atoms with Crippen LogP contribution < -0.4 is 14.4 Å². The van der Waals surface area contributed by atoms with Gasteiger partial charge >= 0.3 is 5.97 Å². The molecule has 3 aromatic rings. The lowest BCUT2D eigenvalue weighted by Crippen LogP contribution is -2.52. The maximum atomic E-state index is 12.5. The largest absolute Gasteiger partial charge is 0.454 e. The van der Waals surface area contributed by atoms with E-state index in [0.29, 0.717) is 49.4 Å². The minimum Gasteiger partial charge on any atom is -0.454 e. The van der Waals surface area contributed by atoms with Crippen molar-refractivity contribution in [3.8, 4) is 22.8 Å². The first-order valence-corrected chi connectivity index (χ1v) is 10.3. The molecule has 0 spiro atoms. The minimum atomic E-state index is -0.791. The lowest BCUT2D eigenvalue weighted by atomic mass is 10.1. The maximum Gasteiger partial charge on any atom is 0.303 e. The van der Waals surface area contributed by atoms with Gasteiger partial charge in [-0.3, -0.25) is 9.59 Å². The Morgan fingerprint density at radius 3 is 2.66 bits per heavy atom. The van der Waals surface area contributed by atoms with Crippen molar-refractivity contribution in [2.45, 2.75) is 20.0 Å². The van der Waals surface area contributed by atoms with Crippen molar-refractivity contribution in [2.24, 2.45) is 0 Å². The second kappa shape index (κ2) is 7.98. The van der Waals surface area contributed by atoms with Crippen LogP contribution in [0.4, 0.5) is 5.95 Å².